The van der Waals surface area contributed by atoms with Crippen molar-refractivity contribution >= 4 is 11.6 Å². The molecule has 16 heavy (non-hydrogen) atoms. The quantitative estimate of drug-likeness (QED) is 0.750. The number of rotatable bonds is 4. The molecule has 0 saturated heterocycles. The van der Waals surface area contributed by atoms with E-state index in [2.05, 4.69) is 30.1 Å². The molecule has 0 amide bonds. The summed E-state index contributed by atoms with van der Waals surface area (Å²) < 4.78 is 5.65. The molecule has 1 aliphatic rings. The zero-order valence-corrected chi connectivity index (χ0v) is 10.4. The van der Waals surface area contributed by atoms with Crippen molar-refractivity contribution in [1.82, 2.24) is 4.90 Å². The van der Waals surface area contributed by atoms with Gasteiger partial charge in [0.15, 0.2) is 0 Å². The van der Waals surface area contributed by atoms with Gasteiger partial charge in [-0.05, 0) is 25.1 Å². The summed E-state index contributed by atoms with van der Waals surface area (Å²) in [6.07, 6.45) is 1.10. The normalized spacial score (nSPS) is 19.3. The molecular formula is C13H18ClNO. The smallest absolute Gasteiger partial charge is 0.122 e. The first kappa shape index (κ1) is 11.7. The van der Waals surface area contributed by atoms with Gasteiger partial charge in [0.1, 0.15) is 5.75 Å². The number of hydrogen-bond donors (Lipinski definition) is 0. The van der Waals surface area contributed by atoms with E-state index >= 15 is 0 Å². The van der Waals surface area contributed by atoms with Crippen molar-refractivity contribution in [3.8, 4) is 5.75 Å². The lowest BCUT2D eigenvalue weighted by Gasteiger charge is -2.29. The molecule has 3 heteroatoms. The molecule has 0 saturated carbocycles. The Morgan fingerprint density at radius 3 is 3.06 bits per heavy atom. The highest BCUT2D eigenvalue weighted by Crippen LogP contribution is 2.33. The number of para-hydroxylation sites is 1. The molecule has 0 radical (unpaired) electrons. The number of nitrogens with zero attached hydrogens (tertiary/aromatic N) is 1. The minimum atomic E-state index is 0.582. The molecule has 2 rings (SSSR count). The summed E-state index contributed by atoms with van der Waals surface area (Å²) in [5.41, 5.74) is 1.34. The monoisotopic (exact) mass is 239 g/mol. The van der Waals surface area contributed by atoms with Gasteiger partial charge in [-0.3, -0.25) is 0 Å². The predicted octanol–water partition coefficient (Wildman–Crippen LogP) is 2.72. The highest BCUT2D eigenvalue weighted by atomic mass is 35.5. The van der Waals surface area contributed by atoms with Gasteiger partial charge in [0, 0.05) is 24.9 Å². The molecule has 0 spiro atoms. The SMILES string of the molecule is CN(CCCl)CC1CCOc2ccccc21. The average Bonchev–Trinajstić information content (AvgIpc) is 2.30. The molecule has 0 fully saturated rings. The summed E-state index contributed by atoms with van der Waals surface area (Å²) in [6, 6.07) is 8.35. The average molecular weight is 240 g/mol. The van der Waals surface area contributed by atoms with E-state index in [0.29, 0.717) is 11.8 Å². The summed E-state index contributed by atoms with van der Waals surface area (Å²) in [5, 5.41) is 0. The van der Waals surface area contributed by atoms with Crippen molar-refractivity contribution in [2.45, 2.75) is 12.3 Å². The number of ether oxygens (including phenoxy) is 1. The highest BCUT2D eigenvalue weighted by molar-refractivity contribution is 6.18. The minimum absolute atomic E-state index is 0.582. The number of alkyl halides is 1. The summed E-state index contributed by atoms with van der Waals surface area (Å²) in [4.78, 5) is 2.29. The van der Waals surface area contributed by atoms with Crippen LogP contribution in [0.3, 0.4) is 0 Å². The first-order valence-electron chi connectivity index (χ1n) is 5.77. The number of fused-ring (bicyclic) bond motifs is 1. The van der Waals surface area contributed by atoms with Crippen LogP contribution in [0.25, 0.3) is 0 Å². The van der Waals surface area contributed by atoms with Gasteiger partial charge in [-0.2, -0.15) is 0 Å². The van der Waals surface area contributed by atoms with Crippen LogP contribution < -0.4 is 4.74 Å². The highest BCUT2D eigenvalue weighted by Gasteiger charge is 2.21. The second-order valence-corrected chi connectivity index (χ2v) is 4.70. The molecule has 1 aromatic carbocycles. The minimum Gasteiger partial charge on any atom is -0.493 e. The van der Waals surface area contributed by atoms with Gasteiger partial charge in [-0.25, -0.2) is 0 Å². The van der Waals surface area contributed by atoms with Crippen molar-refractivity contribution in [2.24, 2.45) is 0 Å². The fourth-order valence-corrected chi connectivity index (χ4v) is 2.51. The maximum Gasteiger partial charge on any atom is 0.122 e. The molecule has 0 bridgehead atoms. The Morgan fingerprint density at radius 2 is 2.25 bits per heavy atom. The van der Waals surface area contributed by atoms with Crippen LogP contribution in [0.4, 0.5) is 0 Å². The first-order chi connectivity index (χ1) is 7.81. The summed E-state index contributed by atoms with van der Waals surface area (Å²) in [7, 11) is 2.13. The van der Waals surface area contributed by atoms with Crippen LogP contribution in [0.15, 0.2) is 24.3 Å². The Hall–Kier alpha value is -0.730. The number of hydrogen-bond acceptors (Lipinski definition) is 2. The lowest BCUT2D eigenvalue weighted by molar-refractivity contribution is 0.236. The van der Waals surface area contributed by atoms with Crippen LogP contribution in [0.5, 0.6) is 5.75 Å². The lowest BCUT2D eigenvalue weighted by atomic mass is 9.93. The maximum absolute atomic E-state index is 5.75. The molecule has 1 unspecified atom stereocenters. The lowest BCUT2D eigenvalue weighted by Crippen LogP contribution is -2.29. The third-order valence-corrected chi connectivity index (χ3v) is 3.25. The zero-order valence-electron chi connectivity index (χ0n) is 9.66. The molecule has 1 atom stereocenters. The van der Waals surface area contributed by atoms with E-state index in [4.69, 9.17) is 16.3 Å². The van der Waals surface area contributed by atoms with Crippen LogP contribution in [0.1, 0.15) is 17.9 Å². The van der Waals surface area contributed by atoms with Gasteiger partial charge < -0.3 is 9.64 Å². The summed E-state index contributed by atoms with van der Waals surface area (Å²) in [5.74, 6) is 2.33. The Labute approximate surface area is 102 Å². The molecule has 0 aromatic heterocycles. The predicted molar refractivity (Wildman–Crippen MR) is 67.5 cm³/mol. The number of halogens is 1. The van der Waals surface area contributed by atoms with Crippen molar-refractivity contribution in [3.05, 3.63) is 29.8 Å². The van der Waals surface area contributed by atoms with Crippen LogP contribution in [0.2, 0.25) is 0 Å². The van der Waals surface area contributed by atoms with E-state index < -0.39 is 0 Å². The first-order valence-corrected chi connectivity index (χ1v) is 6.31. The Balaban J connectivity index is 2.07. The molecule has 0 aliphatic carbocycles. The van der Waals surface area contributed by atoms with E-state index in [1.54, 1.807) is 0 Å². The fraction of sp³-hybridized carbons (Fsp3) is 0.538. The maximum atomic E-state index is 5.75. The van der Waals surface area contributed by atoms with Crippen molar-refractivity contribution in [1.29, 1.82) is 0 Å². The summed E-state index contributed by atoms with van der Waals surface area (Å²) >= 11 is 5.75. The fourth-order valence-electron chi connectivity index (χ4n) is 2.22. The van der Waals surface area contributed by atoms with Crippen molar-refractivity contribution in [3.63, 3.8) is 0 Å². The van der Waals surface area contributed by atoms with Gasteiger partial charge >= 0.3 is 0 Å². The summed E-state index contributed by atoms with van der Waals surface area (Å²) in [6.45, 7) is 2.84. The van der Waals surface area contributed by atoms with Crippen molar-refractivity contribution < 1.29 is 4.74 Å². The van der Waals surface area contributed by atoms with E-state index in [0.717, 1.165) is 31.9 Å². The topological polar surface area (TPSA) is 12.5 Å². The largest absolute Gasteiger partial charge is 0.493 e. The van der Waals surface area contributed by atoms with Crippen molar-refractivity contribution in [2.75, 3.05) is 32.6 Å². The van der Waals surface area contributed by atoms with Crippen LogP contribution in [-0.2, 0) is 0 Å². The standard InChI is InChI=1S/C13H18ClNO/c1-15(8-7-14)10-11-6-9-16-13-5-3-2-4-12(11)13/h2-5,11H,6-10H2,1H3. The molecule has 1 heterocycles. The van der Waals surface area contributed by atoms with Crippen LogP contribution in [-0.4, -0.2) is 37.5 Å². The second kappa shape index (κ2) is 5.55. The zero-order chi connectivity index (χ0) is 11.4. The Kier molecular flexibility index (Phi) is 4.08. The Bertz CT molecular complexity index is 342. The molecular weight excluding hydrogens is 222 g/mol. The second-order valence-electron chi connectivity index (χ2n) is 4.32. The molecule has 1 aromatic rings. The van der Waals surface area contributed by atoms with E-state index in [9.17, 15) is 0 Å². The van der Waals surface area contributed by atoms with Gasteiger partial charge in [-0.1, -0.05) is 18.2 Å². The molecule has 0 N–H and O–H groups in total. The van der Waals surface area contributed by atoms with Gasteiger partial charge in [0.2, 0.25) is 0 Å². The molecule has 1 aliphatic heterocycles. The molecule has 88 valence electrons. The van der Waals surface area contributed by atoms with Gasteiger partial charge in [-0.15, -0.1) is 11.6 Å². The van der Waals surface area contributed by atoms with E-state index in [-0.39, 0.29) is 0 Å². The molecule has 2 nitrogen and oxygen atoms in total. The van der Waals surface area contributed by atoms with Crippen LogP contribution in [0, 0.1) is 0 Å². The third-order valence-electron chi connectivity index (χ3n) is 3.08. The number of likely N-dealkylation sites (N-methyl/N-ethyl adjacent to an activating group) is 1. The Morgan fingerprint density at radius 1 is 1.44 bits per heavy atom. The van der Waals surface area contributed by atoms with E-state index in [1.165, 1.54) is 5.56 Å². The van der Waals surface area contributed by atoms with Gasteiger partial charge in [0.05, 0.1) is 6.61 Å². The van der Waals surface area contributed by atoms with Crippen LogP contribution >= 0.6 is 11.6 Å². The third kappa shape index (κ3) is 2.69. The van der Waals surface area contributed by atoms with Gasteiger partial charge in [0.25, 0.3) is 0 Å². The number of benzene rings is 1. The van der Waals surface area contributed by atoms with E-state index in [1.807, 2.05) is 6.07 Å².